The van der Waals surface area contributed by atoms with Crippen LogP contribution in [0.15, 0.2) is 60.7 Å². The van der Waals surface area contributed by atoms with Crippen LogP contribution < -0.4 is 5.73 Å². The minimum atomic E-state index is -0.174. The Bertz CT molecular complexity index is 715. The molecule has 0 bridgehead atoms. The summed E-state index contributed by atoms with van der Waals surface area (Å²) in [5.74, 6) is 0.558. The molecule has 2 N–H and O–H groups in total. The van der Waals surface area contributed by atoms with Crippen LogP contribution in [0.3, 0.4) is 0 Å². The van der Waals surface area contributed by atoms with Crippen molar-refractivity contribution >= 4 is 18.3 Å². The Labute approximate surface area is 155 Å². The molecule has 4 heteroatoms. The van der Waals surface area contributed by atoms with Gasteiger partial charge in [0.05, 0.1) is 5.41 Å². The molecule has 1 amide bonds. The number of carbonyl (C=O) groups is 1. The maximum atomic E-state index is 13.1. The first kappa shape index (κ1) is 18.0. The highest BCUT2D eigenvalue weighted by atomic mass is 35.5. The van der Waals surface area contributed by atoms with Crippen molar-refractivity contribution in [2.24, 2.45) is 11.1 Å². The number of nitrogens with zero attached hydrogens (tertiary/aromatic N) is 1. The first-order chi connectivity index (χ1) is 11.7. The SMILES string of the molecule is Cl.N[C@@H]1CN(C(=O)C2(Cc3ccccc3)CC2)C[C@H]1c1ccccc1. The van der Waals surface area contributed by atoms with Gasteiger partial charge in [-0.25, -0.2) is 0 Å². The van der Waals surface area contributed by atoms with E-state index in [2.05, 4.69) is 24.3 Å². The van der Waals surface area contributed by atoms with Gasteiger partial charge in [0.1, 0.15) is 0 Å². The lowest BCUT2D eigenvalue weighted by atomic mass is 9.94. The molecule has 1 heterocycles. The molecular formula is C21H25ClN2O. The summed E-state index contributed by atoms with van der Waals surface area (Å²) in [5, 5.41) is 0. The van der Waals surface area contributed by atoms with E-state index in [1.807, 2.05) is 41.3 Å². The Kier molecular flexibility index (Phi) is 5.16. The van der Waals surface area contributed by atoms with Gasteiger partial charge in [-0.2, -0.15) is 0 Å². The van der Waals surface area contributed by atoms with E-state index in [0.717, 1.165) is 25.8 Å². The molecule has 1 saturated heterocycles. The molecule has 3 nitrogen and oxygen atoms in total. The Morgan fingerprint density at radius 2 is 1.60 bits per heavy atom. The average Bonchev–Trinajstić information content (AvgIpc) is 3.29. The second-order valence-electron chi connectivity index (χ2n) is 7.33. The topological polar surface area (TPSA) is 46.3 Å². The van der Waals surface area contributed by atoms with Crippen LogP contribution in [0, 0.1) is 5.41 Å². The predicted octanol–water partition coefficient (Wildman–Crippen LogP) is 3.38. The molecule has 1 saturated carbocycles. The molecule has 2 atom stereocenters. The Morgan fingerprint density at radius 1 is 1.00 bits per heavy atom. The molecular weight excluding hydrogens is 332 g/mol. The average molecular weight is 357 g/mol. The number of rotatable bonds is 4. The third-order valence-electron chi connectivity index (χ3n) is 5.57. The molecule has 132 valence electrons. The van der Waals surface area contributed by atoms with Gasteiger partial charge in [-0.1, -0.05) is 60.7 Å². The van der Waals surface area contributed by atoms with Crippen molar-refractivity contribution in [1.82, 2.24) is 4.90 Å². The predicted molar refractivity (Wildman–Crippen MR) is 103 cm³/mol. The Balaban J connectivity index is 0.00000182. The normalized spacial score (nSPS) is 23.8. The summed E-state index contributed by atoms with van der Waals surface area (Å²) in [7, 11) is 0. The van der Waals surface area contributed by atoms with Crippen LogP contribution in [-0.2, 0) is 11.2 Å². The minimum absolute atomic E-state index is 0. The zero-order chi connectivity index (χ0) is 16.6. The van der Waals surface area contributed by atoms with Gasteiger partial charge in [-0.3, -0.25) is 4.79 Å². The Hall–Kier alpha value is -1.84. The zero-order valence-corrected chi connectivity index (χ0v) is 15.1. The van der Waals surface area contributed by atoms with Gasteiger partial charge in [0.15, 0.2) is 0 Å². The zero-order valence-electron chi connectivity index (χ0n) is 14.3. The lowest BCUT2D eigenvalue weighted by Crippen LogP contribution is -2.38. The van der Waals surface area contributed by atoms with Crippen LogP contribution in [0.25, 0.3) is 0 Å². The lowest BCUT2D eigenvalue weighted by Gasteiger charge is -2.23. The number of nitrogens with two attached hydrogens (primary N) is 1. The molecule has 4 rings (SSSR count). The molecule has 0 aromatic heterocycles. The molecule has 2 aromatic rings. The first-order valence-electron chi connectivity index (χ1n) is 8.82. The summed E-state index contributed by atoms with van der Waals surface area (Å²) in [6.07, 6.45) is 2.86. The molecule has 2 fully saturated rings. The van der Waals surface area contributed by atoms with Crippen LogP contribution in [0.2, 0.25) is 0 Å². The molecule has 2 aromatic carbocycles. The van der Waals surface area contributed by atoms with E-state index in [4.69, 9.17) is 5.73 Å². The summed E-state index contributed by atoms with van der Waals surface area (Å²) < 4.78 is 0. The fourth-order valence-corrected chi connectivity index (χ4v) is 3.99. The quantitative estimate of drug-likeness (QED) is 0.912. The van der Waals surface area contributed by atoms with Crippen molar-refractivity contribution in [3.8, 4) is 0 Å². The molecule has 0 radical (unpaired) electrons. The summed E-state index contributed by atoms with van der Waals surface area (Å²) in [6, 6.07) is 20.7. The van der Waals surface area contributed by atoms with E-state index in [-0.39, 0.29) is 29.8 Å². The Morgan fingerprint density at radius 3 is 2.20 bits per heavy atom. The maximum Gasteiger partial charge on any atom is 0.229 e. The van der Waals surface area contributed by atoms with Gasteiger partial charge in [-0.05, 0) is 30.4 Å². The number of carbonyl (C=O) groups excluding carboxylic acids is 1. The largest absolute Gasteiger partial charge is 0.340 e. The highest BCUT2D eigenvalue weighted by Gasteiger charge is 2.52. The van der Waals surface area contributed by atoms with E-state index in [0.29, 0.717) is 12.5 Å². The smallest absolute Gasteiger partial charge is 0.229 e. The standard InChI is InChI=1S/C21H24N2O.ClH/c22-19-15-23(14-18(19)17-9-5-2-6-10-17)20(24)21(11-12-21)13-16-7-3-1-4-8-16;/h1-10,18-19H,11-15,22H2;1H/t18-,19+;/m0./s1. The van der Waals surface area contributed by atoms with E-state index in [1.165, 1.54) is 11.1 Å². The second kappa shape index (κ2) is 7.19. The van der Waals surface area contributed by atoms with Crippen LogP contribution in [-0.4, -0.2) is 29.9 Å². The summed E-state index contributed by atoms with van der Waals surface area (Å²) in [6.45, 7) is 1.43. The summed E-state index contributed by atoms with van der Waals surface area (Å²) >= 11 is 0. The first-order valence-corrected chi connectivity index (χ1v) is 8.82. The van der Waals surface area contributed by atoms with E-state index in [9.17, 15) is 4.79 Å². The summed E-state index contributed by atoms with van der Waals surface area (Å²) in [5.41, 5.74) is 8.69. The summed E-state index contributed by atoms with van der Waals surface area (Å²) in [4.78, 5) is 15.1. The van der Waals surface area contributed by atoms with Crippen molar-refractivity contribution in [3.05, 3.63) is 71.8 Å². The molecule has 0 unspecified atom stereocenters. The molecule has 0 spiro atoms. The van der Waals surface area contributed by atoms with E-state index < -0.39 is 0 Å². The lowest BCUT2D eigenvalue weighted by molar-refractivity contribution is -0.136. The van der Waals surface area contributed by atoms with Gasteiger partial charge in [0, 0.05) is 25.0 Å². The van der Waals surface area contributed by atoms with Gasteiger partial charge in [0.2, 0.25) is 5.91 Å². The van der Waals surface area contributed by atoms with Gasteiger partial charge in [0.25, 0.3) is 0 Å². The maximum absolute atomic E-state index is 13.1. The third kappa shape index (κ3) is 3.58. The molecule has 25 heavy (non-hydrogen) atoms. The number of halogens is 1. The van der Waals surface area contributed by atoms with Crippen LogP contribution in [0.5, 0.6) is 0 Å². The monoisotopic (exact) mass is 356 g/mol. The fourth-order valence-electron chi connectivity index (χ4n) is 3.99. The third-order valence-corrected chi connectivity index (χ3v) is 5.57. The number of hydrogen-bond donors (Lipinski definition) is 1. The number of amides is 1. The van der Waals surface area contributed by atoms with Gasteiger partial charge >= 0.3 is 0 Å². The number of likely N-dealkylation sites (tertiary alicyclic amines) is 1. The van der Waals surface area contributed by atoms with Gasteiger partial charge < -0.3 is 10.6 Å². The van der Waals surface area contributed by atoms with E-state index in [1.54, 1.807) is 0 Å². The van der Waals surface area contributed by atoms with Crippen molar-refractivity contribution in [3.63, 3.8) is 0 Å². The number of hydrogen-bond acceptors (Lipinski definition) is 2. The molecule has 1 aliphatic carbocycles. The van der Waals surface area contributed by atoms with Crippen molar-refractivity contribution in [2.75, 3.05) is 13.1 Å². The number of benzene rings is 2. The molecule has 2 aliphatic rings. The van der Waals surface area contributed by atoms with Crippen LogP contribution in [0.1, 0.15) is 29.9 Å². The van der Waals surface area contributed by atoms with Crippen molar-refractivity contribution in [2.45, 2.75) is 31.2 Å². The van der Waals surface area contributed by atoms with Crippen LogP contribution >= 0.6 is 12.4 Å². The second-order valence-corrected chi connectivity index (χ2v) is 7.33. The van der Waals surface area contributed by atoms with E-state index >= 15 is 0 Å². The van der Waals surface area contributed by atoms with Gasteiger partial charge in [-0.15, -0.1) is 12.4 Å². The molecule has 1 aliphatic heterocycles. The van der Waals surface area contributed by atoms with Crippen molar-refractivity contribution in [1.29, 1.82) is 0 Å². The van der Waals surface area contributed by atoms with Crippen molar-refractivity contribution < 1.29 is 4.79 Å². The fraction of sp³-hybridized carbons (Fsp3) is 0.381. The van der Waals surface area contributed by atoms with Crippen LogP contribution in [0.4, 0.5) is 0 Å². The minimum Gasteiger partial charge on any atom is -0.340 e. The highest BCUT2D eigenvalue weighted by molar-refractivity contribution is 5.86. The highest BCUT2D eigenvalue weighted by Crippen LogP contribution is 2.50.